The first kappa shape index (κ1) is 35.0. The maximum atomic E-state index is 8.90. The summed E-state index contributed by atoms with van der Waals surface area (Å²) in [4.78, 5) is 4.07. The fourth-order valence-corrected chi connectivity index (χ4v) is 2.38. The standard InChI is InChI=1S/C10H5N3O.C7H6N2O.C6H11NO3.C2H3N.CH4/c11-4-3-10-13-8-5-7(6-12)1-2-9(8)14-10;8-4-5-1-2-7(10)6(9)3-5;1-8-6(9-2,10-3)4-5-7;1-2-3;/h1-2,5H,3H2;1-3,10H,9H2;4H2,1-3H3;1H3;1H4. The number of oxazole rings is 1. The van der Waals surface area contributed by atoms with Gasteiger partial charge in [0.25, 0.3) is 5.97 Å². The van der Waals surface area contributed by atoms with Gasteiger partial charge in [0.15, 0.2) is 5.58 Å². The highest BCUT2D eigenvalue weighted by Gasteiger charge is 2.28. The van der Waals surface area contributed by atoms with Crippen LogP contribution in [0.3, 0.4) is 0 Å². The molecule has 38 heavy (non-hydrogen) atoms. The SMILES string of the molecule is C.CC#N.COC(CC#N)(OC)OC.N#CCc1nc2cc(C#N)ccc2o1.N#Cc1ccc(O)c(N)c1. The van der Waals surface area contributed by atoms with Crippen molar-refractivity contribution in [3.8, 4) is 36.1 Å². The first-order valence-electron chi connectivity index (χ1n) is 10.2. The molecule has 3 aromatic rings. The quantitative estimate of drug-likeness (QED) is 0.274. The third-order valence-electron chi connectivity index (χ3n) is 4.18. The van der Waals surface area contributed by atoms with E-state index in [1.165, 1.54) is 46.5 Å². The van der Waals surface area contributed by atoms with Gasteiger partial charge < -0.3 is 29.5 Å². The van der Waals surface area contributed by atoms with E-state index >= 15 is 0 Å². The summed E-state index contributed by atoms with van der Waals surface area (Å²) >= 11 is 0. The van der Waals surface area contributed by atoms with E-state index in [4.69, 9.17) is 55.8 Å². The average molecular weight is 520 g/mol. The number of hydrogen-bond acceptors (Lipinski definition) is 12. The van der Waals surface area contributed by atoms with Gasteiger partial charge in [0.05, 0.1) is 47.2 Å². The van der Waals surface area contributed by atoms with Gasteiger partial charge in [0.2, 0.25) is 5.89 Å². The van der Waals surface area contributed by atoms with Gasteiger partial charge in [-0.15, -0.1) is 0 Å². The van der Waals surface area contributed by atoms with E-state index in [1.54, 1.807) is 24.3 Å². The van der Waals surface area contributed by atoms with Crippen LogP contribution in [0.15, 0.2) is 40.8 Å². The van der Waals surface area contributed by atoms with Crippen molar-refractivity contribution in [2.24, 2.45) is 0 Å². The third-order valence-corrected chi connectivity index (χ3v) is 4.18. The van der Waals surface area contributed by atoms with Crippen LogP contribution >= 0.6 is 0 Å². The molecule has 0 spiro atoms. The van der Waals surface area contributed by atoms with Gasteiger partial charge in [-0.05, 0) is 36.4 Å². The van der Waals surface area contributed by atoms with Gasteiger partial charge in [-0.25, -0.2) is 4.98 Å². The van der Waals surface area contributed by atoms with Crippen LogP contribution in [0.25, 0.3) is 11.1 Å². The number of nitrogen functional groups attached to an aromatic ring is 1. The highest BCUT2D eigenvalue weighted by Crippen LogP contribution is 2.19. The van der Waals surface area contributed by atoms with Crippen LogP contribution < -0.4 is 5.73 Å². The summed E-state index contributed by atoms with van der Waals surface area (Å²) in [5.41, 5.74) is 7.75. The molecule has 1 heterocycles. The molecule has 0 fully saturated rings. The smallest absolute Gasteiger partial charge is 0.295 e. The highest BCUT2D eigenvalue weighted by atomic mass is 16.9. The second kappa shape index (κ2) is 19.1. The number of phenols is 1. The molecular weight excluding hydrogens is 490 g/mol. The highest BCUT2D eigenvalue weighted by molar-refractivity contribution is 5.74. The Morgan fingerprint density at radius 1 is 0.921 bits per heavy atom. The molecule has 0 aliphatic rings. The molecule has 3 rings (SSSR count). The Morgan fingerprint density at radius 2 is 1.45 bits per heavy atom. The molecule has 12 nitrogen and oxygen atoms in total. The predicted molar refractivity (Wildman–Crippen MR) is 137 cm³/mol. The summed E-state index contributed by atoms with van der Waals surface area (Å²) in [6.07, 6.45) is 0.201. The fraction of sp³-hybridized carbons (Fsp3) is 0.308. The molecule has 0 saturated heterocycles. The van der Waals surface area contributed by atoms with E-state index in [1.807, 2.05) is 24.3 Å². The fourth-order valence-electron chi connectivity index (χ4n) is 2.38. The molecule has 12 heteroatoms. The number of nitrogens with two attached hydrogens (primary N) is 1. The van der Waals surface area contributed by atoms with E-state index in [-0.39, 0.29) is 31.7 Å². The van der Waals surface area contributed by atoms with Crippen molar-refractivity contribution in [2.75, 3.05) is 27.1 Å². The number of hydrogen-bond donors (Lipinski definition) is 2. The molecule has 0 amide bonds. The Morgan fingerprint density at radius 3 is 1.87 bits per heavy atom. The van der Waals surface area contributed by atoms with Crippen LogP contribution in [0, 0.1) is 56.7 Å². The lowest BCUT2D eigenvalue weighted by Crippen LogP contribution is -2.35. The summed E-state index contributed by atoms with van der Waals surface area (Å²) in [6.45, 7) is 1.43. The van der Waals surface area contributed by atoms with Crippen LogP contribution in [0.4, 0.5) is 5.69 Å². The molecule has 0 unspecified atom stereocenters. The summed E-state index contributed by atoms with van der Waals surface area (Å²) in [7, 11) is 4.26. The number of benzene rings is 2. The number of nitrogens with zero attached hydrogens (tertiary/aromatic N) is 6. The molecule has 1 aromatic heterocycles. The minimum atomic E-state index is -1.19. The molecule has 0 saturated carbocycles. The number of rotatable bonds is 5. The van der Waals surface area contributed by atoms with Gasteiger partial charge in [-0.1, -0.05) is 7.43 Å². The average Bonchev–Trinajstić information content (AvgIpc) is 3.32. The summed E-state index contributed by atoms with van der Waals surface area (Å²) in [5.74, 6) is -0.786. The normalized spacial score (nSPS) is 8.92. The Hall–Kier alpha value is -5.16. The molecule has 3 N–H and O–H groups in total. The lowest BCUT2D eigenvalue weighted by molar-refractivity contribution is -0.348. The lowest BCUT2D eigenvalue weighted by atomic mass is 10.2. The van der Waals surface area contributed by atoms with Crippen molar-refractivity contribution < 1.29 is 23.7 Å². The number of phenolic OH excluding ortho intramolecular Hbond substituents is 1. The summed E-state index contributed by atoms with van der Waals surface area (Å²) in [6, 6.07) is 18.8. The van der Waals surface area contributed by atoms with Crippen LogP contribution in [-0.2, 0) is 20.6 Å². The van der Waals surface area contributed by atoms with Crippen molar-refractivity contribution >= 4 is 16.8 Å². The number of nitriles is 5. The van der Waals surface area contributed by atoms with Crippen molar-refractivity contribution in [3.63, 3.8) is 0 Å². The Balaban J connectivity index is 0. The summed E-state index contributed by atoms with van der Waals surface area (Å²) < 4.78 is 19.7. The monoisotopic (exact) mass is 519 g/mol. The van der Waals surface area contributed by atoms with E-state index in [9.17, 15) is 0 Å². The van der Waals surface area contributed by atoms with E-state index in [0.717, 1.165) is 0 Å². The van der Waals surface area contributed by atoms with E-state index < -0.39 is 5.97 Å². The zero-order valence-corrected chi connectivity index (χ0v) is 20.7. The zero-order valence-electron chi connectivity index (χ0n) is 20.7. The summed E-state index contributed by atoms with van der Waals surface area (Å²) in [5, 5.41) is 50.0. The van der Waals surface area contributed by atoms with Gasteiger partial charge >= 0.3 is 0 Å². The van der Waals surface area contributed by atoms with Crippen molar-refractivity contribution in [1.82, 2.24) is 4.98 Å². The third kappa shape index (κ3) is 11.5. The number of aromatic hydroxyl groups is 1. The molecular formula is C26H29N7O5. The molecule has 2 aromatic carbocycles. The van der Waals surface area contributed by atoms with Crippen molar-refractivity contribution in [3.05, 3.63) is 53.4 Å². The first-order valence-corrected chi connectivity index (χ1v) is 10.2. The lowest BCUT2D eigenvalue weighted by Gasteiger charge is -2.25. The first-order chi connectivity index (χ1) is 17.7. The minimum absolute atomic E-state index is 0. The Bertz CT molecular complexity index is 1340. The van der Waals surface area contributed by atoms with Gasteiger partial charge in [-0.2, -0.15) is 26.3 Å². The van der Waals surface area contributed by atoms with E-state index in [2.05, 4.69) is 4.98 Å². The predicted octanol–water partition coefficient (Wildman–Crippen LogP) is 4.27. The van der Waals surface area contributed by atoms with Crippen LogP contribution in [0.1, 0.15) is 37.8 Å². The zero-order chi connectivity index (χ0) is 28.3. The van der Waals surface area contributed by atoms with Crippen molar-refractivity contribution in [1.29, 1.82) is 26.3 Å². The molecule has 0 radical (unpaired) electrons. The number of methoxy groups -OCH3 is 3. The van der Waals surface area contributed by atoms with Gasteiger partial charge in [0, 0.05) is 28.3 Å². The number of anilines is 1. The minimum Gasteiger partial charge on any atom is -0.506 e. The second-order valence-corrected chi connectivity index (χ2v) is 6.48. The maximum Gasteiger partial charge on any atom is 0.295 e. The molecule has 0 aliphatic carbocycles. The number of fused-ring (bicyclic) bond motifs is 1. The molecule has 198 valence electrons. The second-order valence-electron chi connectivity index (χ2n) is 6.48. The number of ether oxygens (including phenoxy) is 3. The number of aromatic nitrogens is 1. The Kier molecular flexibility index (Phi) is 17.6. The van der Waals surface area contributed by atoms with E-state index in [0.29, 0.717) is 28.1 Å². The van der Waals surface area contributed by atoms with Crippen LogP contribution in [0.5, 0.6) is 5.75 Å². The molecule has 0 atom stereocenters. The van der Waals surface area contributed by atoms with Crippen molar-refractivity contribution in [2.45, 2.75) is 33.2 Å². The maximum absolute atomic E-state index is 8.90. The van der Waals surface area contributed by atoms with Crippen LogP contribution in [-0.4, -0.2) is 37.4 Å². The molecule has 0 aliphatic heterocycles. The Labute approximate surface area is 221 Å². The van der Waals surface area contributed by atoms with Gasteiger partial charge in [-0.3, -0.25) is 0 Å². The molecule has 0 bridgehead atoms. The largest absolute Gasteiger partial charge is 0.506 e. The topological polar surface area (TPSA) is 219 Å². The van der Waals surface area contributed by atoms with Crippen LogP contribution in [0.2, 0.25) is 0 Å². The van der Waals surface area contributed by atoms with Gasteiger partial charge in [0.1, 0.15) is 24.1 Å².